The van der Waals surface area contributed by atoms with Gasteiger partial charge < -0.3 is 5.73 Å². The standard InChI is InChI=1S/C13H15N3/c1-16-9-12(8-15-16)13(14)6-10-4-2-3-5-11(10)7-13/h2-5,8-9H,6-7,14H2,1H3. The van der Waals surface area contributed by atoms with Gasteiger partial charge in [0.2, 0.25) is 0 Å². The molecule has 0 aliphatic heterocycles. The van der Waals surface area contributed by atoms with Gasteiger partial charge in [-0.1, -0.05) is 24.3 Å². The fourth-order valence-electron chi connectivity index (χ4n) is 2.53. The van der Waals surface area contributed by atoms with Crippen molar-refractivity contribution < 1.29 is 0 Å². The van der Waals surface area contributed by atoms with Gasteiger partial charge in [-0.3, -0.25) is 4.68 Å². The zero-order chi connectivity index (χ0) is 11.2. The van der Waals surface area contributed by atoms with Crippen LogP contribution in [0.2, 0.25) is 0 Å². The highest BCUT2D eigenvalue weighted by atomic mass is 15.2. The predicted molar refractivity (Wildman–Crippen MR) is 62.9 cm³/mol. The molecule has 1 aliphatic carbocycles. The van der Waals surface area contributed by atoms with Crippen LogP contribution < -0.4 is 5.73 Å². The van der Waals surface area contributed by atoms with E-state index in [1.165, 1.54) is 11.1 Å². The summed E-state index contributed by atoms with van der Waals surface area (Å²) in [5, 5.41) is 4.21. The summed E-state index contributed by atoms with van der Waals surface area (Å²) in [5.74, 6) is 0. The molecule has 0 bridgehead atoms. The lowest BCUT2D eigenvalue weighted by Crippen LogP contribution is -2.37. The Labute approximate surface area is 94.9 Å². The number of nitrogens with zero attached hydrogens (tertiary/aromatic N) is 2. The smallest absolute Gasteiger partial charge is 0.0540 e. The summed E-state index contributed by atoms with van der Waals surface area (Å²) < 4.78 is 1.81. The van der Waals surface area contributed by atoms with Gasteiger partial charge in [-0.25, -0.2) is 0 Å². The molecule has 3 rings (SSSR count). The molecule has 0 saturated heterocycles. The molecule has 2 N–H and O–H groups in total. The average Bonchev–Trinajstić information content (AvgIpc) is 2.81. The number of rotatable bonds is 1. The molecular weight excluding hydrogens is 198 g/mol. The summed E-state index contributed by atoms with van der Waals surface area (Å²) >= 11 is 0. The van der Waals surface area contributed by atoms with E-state index in [1.54, 1.807) is 0 Å². The van der Waals surface area contributed by atoms with Crippen molar-refractivity contribution in [1.82, 2.24) is 9.78 Å². The van der Waals surface area contributed by atoms with E-state index in [0.717, 1.165) is 18.4 Å². The molecule has 0 fully saturated rings. The van der Waals surface area contributed by atoms with Gasteiger partial charge in [-0.2, -0.15) is 5.10 Å². The molecule has 0 radical (unpaired) electrons. The van der Waals surface area contributed by atoms with Crippen LogP contribution in [0, 0.1) is 0 Å². The lowest BCUT2D eigenvalue weighted by atomic mass is 9.90. The molecule has 1 aromatic carbocycles. The Hall–Kier alpha value is -1.61. The second-order valence-electron chi connectivity index (χ2n) is 4.68. The minimum atomic E-state index is -0.266. The van der Waals surface area contributed by atoms with Gasteiger partial charge in [-0.05, 0) is 24.0 Å². The first-order chi connectivity index (χ1) is 7.67. The van der Waals surface area contributed by atoms with Crippen molar-refractivity contribution in [3.05, 3.63) is 53.3 Å². The van der Waals surface area contributed by atoms with Crippen molar-refractivity contribution in [3.63, 3.8) is 0 Å². The fraction of sp³-hybridized carbons (Fsp3) is 0.308. The molecule has 16 heavy (non-hydrogen) atoms. The lowest BCUT2D eigenvalue weighted by Gasteiger charge is -2.21. The van der Waals surface area contributed by atoms with Crippen LogP contribution in [-0.2, 0) is 25.4 Å². The summed E-state index contributed by atoms with van der Waals surface area (Å²) in [6, 6.07) is 8.49. The molecule has 1 aromatic heterocycles. The minimum absolute atomic E-state index is 0.266. The van der Waals surface area contributed by atoms with Gasteiger partial charge in [0.1, 0.15) is 0 Å². The van der Waals surface area contributed by atoms with E-state index >= 15 is 0 Å². The fourth-order valence-corrected chi connectivity index (χ4v) is 2.53. The van der Waals surface area contributed by atoms with E-state index in [1.807, 2.05) is 24.1 Å². The van der Waals surface area contributed by atoms with Crippen molar-refractivity contribution in [2.24, 2.45) is 12.8 Å². The van der Waals surface area contributed by atoms with Crippen LogP contribution in [0.1, 0.15) is 16.7 Å². The maximum absolute atomic E-state index is 6.49. The molecule has 3 heteroatoms. The molecule has 0 spiro atoms. The van der Waals surface area contributed by atoms with Crippen molar-refractivity contribution in [2.75, 3.05) is 0 Å². The first-order valence-corrected chi connectivity index (χ1v) is 5.52. The van der Waals surface area contributed by atoms with E-state index in [0.29, 0.717) is 0 Å². The molecule has 2 aromatic rings. The van der Waals surface area contributed by atoms with Crippen LogP contribution in [0.15, 0.2) is 36.7 Å². The van der Waals surface area contributed by atoms with Gasteiger partial charge in [0, 0.05) is 18.8 Å². The van der Waals surface area contributed by atoms with E-state index in [9.17, 15) is 0 Å². The van der Waals surface area contributed by atoms with Crippen molar-refractivity contribution in [3.8, 4) is 0 Å². The number of hydrogen-bond donors (Lipinski definition) is 1. The number of nitrogens with two attached hydrogens (primary N) is 1. The molecule has 0 saturated carbocycles. The number of aromatic nitrogens is 2. The number of fused-ring (bicyclic) bond motifs is 1. The Morgan fingerprint density at radius 1 is 1.25 bits per heavy atom. The third kappa shape index (κ3) is 1.36. The van der Waals surface area contributed by atoms with Crippen LogP contribution in [0.5, 0.6) is 0 Å². The van der Waals surface area contributed by atoms with Gasteiger partial charge in [-0.15, -0.1) is 0 Å². The second-order valence-corrected chi connectivity index (χ2v) is 4.68. The molecule has 1 aliphatic rings. The Bertz CT molecular complexity index is 502. The van der Waals surface area contributed by atoms with E-state index in [-0.39, 0.29) is 5.54 Å². The van der Waals surface area contributed by atoms with Crippen molar-refractivity contribution in [1.29, 1.82) is 0 Å². The third-order valence-electron chi connectivity index (χ3n) is 3.41. The SMILES string of the molecule is Cn1cc(C2(N)Cc3ccccc3C2)cn1. The highest BCUT2D eigenvalue weighted by Gasteiger charge is 2.35. The number of hydrogen-bond acceptors (Lipinski definition) is 2. The summed E-state index contributed by atoms with van der Waals surface area (Å²) in [4.78, 5) is 0. The Morgan fingerprint density at radius 3 is 2.38 bits per heavy atom. The predicted octanol–water partition coefficient (Wildman–Crippen LogP) is 1.37. The first kappa shape index (κ1) is 9.60. The molecule has 3 nitrogen and oxygen atoms in total. The zero-order valence-electron chi connectivity index (χ0n) is 9.35. The Balaban J connectivity index is 2.00. The monoisotopic (exact) mass is 213 g/mol. The molecule has 0 amide bonds. The second kappa shape index (κ2) is 3.19. The number of aryl methyl sites for hydroxylation is 1. The molecule has 82 valence electrons. The van der Waals surface area contributed by atoms with Crippen molar-refractivity contribution >= 4 is 0 Å². The summed E-state index contributed by atoms with van der Waals surface area (Å²) in [5.41, 5.74) is 10.1. The lowest BCUT2D eigenvalue weighted by molar-refractivity contribution is 0.472. The van der Waals surface area contributed by atoms with Gasteiger partial charge in [0.05, 0.1) is 11.7 Å². The zero-order valence-corrected chi connectivity index (χ0v) is 9.35. The third-order valence-corrected chi connectivity index (χ3v) is 3.41. The quantitative estimate of drug-likeness (QED) is 0.777. The van der Waals surface area contributed by atoms with E-state index < -0.39 is 0 Å². The first-order valence-electron chi connectivity index (χ1n) is 5.52. The molecule has 0 atom stereocenters. The average molecular weight is 213 g/mol. The maximum atomic E-state index is 6.49. The summed E-state index contributed by atoms with van der Waals surface area (Å²) in [7, 11) is 1.93. The van der Waals surface area contributed by atoms with Crippen molar-refractivity contribution in [2.45, 2.75) is 18.4 Å². The van der Waals surface area contributed by atoms with E-state index in [2.05, 4.69) is 29.4 Å². The van der Waals surface area contributed by atoms with Crippen LogP contribution >= 0.6 is 0 Å². The Kier molecular flexibility index (Phi) is 1.91. The minimum Gasteiger partial charge on any atom is -0.321 e. The van der Waals surface area contributed by atoms with Crippen LogP contribution in [0.25, 0.3) is 0 Å². The molecule has 0 unspecified atom stereocenters. The summed E-state index contributed by atoms with van der Waals surface area (Å²) in [6.07, 6.45) is 5.72. The largest absolute Gasteiger partial charge is 0.321 e. The maximum Gasteiger partial charge on any atom is 0.0540 e. The highest BCUT2D eigenvalue weighted by Crippen LogP contribution is 2.35. The topological polar surface area (TPSA) is 43.8 Å². The number of benzene rings is 1. The van der Waals surface area contributed by atoms with Crippen LogP contribution in [0.3, 0.4) is 0 Å². The highest BCUT2D eigenvalue weighted by molar-refractivity contribution is 5.39. The molecular formula is C13H15N3. The van der Waals surface area contributed by atoms with Crippen LogP contribution in [-0.4, -0.2) is 9.78 Å². The van der Waals surface area contributed by atoms with Gasteiger partial charge >= 0.3 is 0 Å². The Morgan fingerprint density at radius 2 is 1.88 bits per heavy atom. The van der Waals surface area contributed by atoms with Gasteiger partial charge in [0.25, 0.3) is 0 Å². The van der Waals surface area contributed by atoms with Gasteiger partial charge in [0.15, 0.2) is 0 Å². The van der Waals surface area contributed by atoms with E-state index in [4.69, 9.17) is 5.73 Å². The summed E-state index contributed by atoms with van der Waals surface area (Å²) in [6.45, 7) is 0. The van der Waals surface area contributed by atoms with Crippen LogP contribution in [0.4, 0.5) is 0 Å². The normalized spacial score (nSPS) is 17.4. The molecule has 1 heterocycles.